The standard InChI is InChI=1S/C27H31FN6O4S/c1-19(34-11-3-4-20-16-21(28)5-10-24(20)34)27(35)33-14-12-32(13-15-33)22-6-8-23(9-7-22)39(36,37)31-25-17-26(38-2)30-18-29-25/h5-10,16-19H,3-4,11-15H2,1-2H3,(H,29,30,31)/t19-/m0/s1. The third-order valence-electron chi connectivity index (χ3n) is 7.21. The van der Waals surface area contributed by atoms with Crippen molar-refractivity contribution in [3.05, 3.63) is 66.2 Å². The summed E-state index contributed by atoms with van der Waals surface area (Å²) in [6, 6.07) is 12.5. The van der Waals surface area contributed by atoms with E-state index in [2.05, 4.69) is 24.5 Å². The van der Waals surface area contributed by atoms with Crippen molar-refractivity contribution in [1.82, 2.24) is 14.9 Å². The molecule has 0 aliphatic carbocycles. The minimum atomic E-state index is -3.84. The minimum absolute atomic E-state index is 0.0562. The van der Waals surface area contributed by atoms with Crippen LogP contribution in [0.2, 0.25) is 0 Å². The Balaban J connectivity index is 1.19. The largest absolute Gasteiger partial charge is 0.481 e. The average Bonchev–Trinajstić information content (AvgIpc) is 2.96. The van der Waals surface area contributed by atoms with E-state index in [9.17, 15) is 17.6 Å². The Kier molecular flexibility index (Phi) is 7.56. The Morgan fingerprint density at radius 3 is 2.49 bits per heavy atom. The molecule has 3 aromatic rings. The molecule has 206 valence electrons. The predicted octanol–water partition coefficient (Wildman–Crippen LogP) is 2.92. The monoisotopic (exact) mass is 554 g/mol. The molecule has 0 saturated carbocycles. The number of nitrogens with zero attached hydrogens (tertiary/aromatic N) is 5. The number of sulfonamides is 1. The Morgan fingerprint density at radius 1 is 1.03 bits per heavy atom. The number of aromatic nitrogens is 2. The van der Waals surface area contributed by atoms with Crippen molar-refractivity contribution in [1.29, 1.82) is 0 Å². The van der Waals surface area contributed by atoms with Crippen LogP contribution in [0.5, 0.6) is 5.88 Å². The smallest absolute Gasteiger partial charge is 0.263 e. The highest BCUT2D eigenvalue weighted by atomic mass is 32.2. The first-order chi connectivity index (χ1) is 18.7. The first-order valence-corrected chi connectivity index (χ1v) is 14.3. The van der Waals surface area contributed by atoms with Crippen molar-refractivity contribution < 1.29 is 22.3 Å². The van der Waals surface area contributed by atoms with E-state index in [0.29, 0.717) is 26.2 Å². The molecule has 2 aliphatic rings. The van der Waals surface area contributed by atoms with E-state index in [0.717, 1.165) is 36.3 Å². The van der Waals surface area contributed by atoms with Gasteiger partial charge in [0.1, 0.15) is 24.0 Å². The highest BCUT2D eigenvalue weighted by molar-refractivity contribution is 7.92. The molecule has 5 rings (SSSR count). The van der Waals surface area contributed by atoms with Gasteiger partial charge in [-0.25, -0.2) is 22.8 Å². The van der Waals surface area contributed by atoms with Crippen LogP contribution in [-0.4, -0.2) is 75.1 Å². The van der Waals surface area contributed by atoms with Crippen molar-refractivity contribution in [2.45, 2.75) is 30.7 Å². The molecule has 1 aromatic heterocycles. The minimum Gasteiger partial charge on any atom is -0.481 e. The second-order valence-corrected chi connectivity index (χ2v) is 11.3. The van der Waals surface area contributed by atoms with Crippen LogP contribution in [0.1, 0.15) is 18.9 Å². The molecule has 0 radical (unpaired) electrons. The van der Waals surface area contributed by atoms with Crippen molar-refractivity contribution in [2.24, 2.45) is 0 Å². The number of carbonyl (C=O) groups is 1. The maximum atomic E-state index is 13.7. The van der Waals surface area contributed by atoms with E-state index in [1.54, 1.807) is 36.4 Å². The molecule has 1 fully saturated rings. The lowest BCUT2D eigenvalue weighted by Crippen LogP contribution is -2.55. The molecular formula is C27H31FN6O4S. The number of benzene rings is 2. The first kappa shape index (κ1) is 26.7. The van der Waals surface area contributed by atoms with Crippen molar-refractivity contribution in [3.63, 3.8) is 0 Å². The van der Waals surface area contributed by atoms with E-state index >= 15 is 0 Å². The molecule has 1 atom stereocenters. The summed E-state index contributed by atoms with van der Waals surface area (Å²) in [7, 11) is -2.41. The van der Waals surface area contributed by atoms with Crippen LogP contribution in [0.4, 0.5) is 21.6 Å². The SMILES string of the molecule is COc1cc(NS(=O)(=O)c2ccc(N3CCN(C(=O)[C@H](C)N4CCCc5cc(F)ccc54)CC3)cc2)ncn1. The van der Waals surface area contributed by atoms with Crippen LogP contribution in [0.3, 0.4) is 0 Å². The fourth-order valence-electron chi connectivity index (χ4n) is 5.12. The molecule has 1 N–H and O–H groups in total. The van der Waals surface area contributed by atoms with Crippen LogP contribution in [0, 0.1) is 5.82 Å². The predicted molar refractivity (Wildman–Crippen MR) is 146 cm³/mol. The number of aryl methyl sites for hydroxylation is 1. The van der Waals surface area contributed by atoms with E-state index in [1.807, 2.05) is 11.8 Å². The van der Waals surface area contributed by atoms with Gasteiger partial charge in [-0.3, -0.25) is 9.52 Å². The second-order valence-electron chi connectivity index (χ2n) is 9.60. The number of hydrogen-bond donors (Lipinski definition) is 1. The maximum Gasteiger partial charge on any atom is 0.263 e. The van der Waals surface area contributed by atoms with Crippen molar-refractivity contribution in [2.75, 3.05) is 54.4 Å². The molecule has 0 bridgehead atoms. The number of piperazine rings is 1. The summed E-state index contributed by atoms with van der Waals surface area (Å²) in [5.41, 5.74) is 2.76. The third-order valence-corrected chi connectivity index (χ3v) is 8.59. The third kappa shape index (κ3) is 5.75. The van der Waals surface area contributed by atoms with E-state index in [-0.39, 0.29) is 34.4 Å². The summed E-state index contributed by atoms with van der Waals surface area (Å²) in [5.74, 6) is 0.169. The topological polar surface area (TPSA) is 108 Å². The van der Waals surface area contributed by atoms with Gasteiger partial charge in [0.25, 0.3) is 10.0 Å². The van der Waals surface area contributed by atoms with Crippen LogP contribution < -0.4 is 19.3 Å². The molecule has 39 heavy (non-hydrogen) atoms. The number of nitrogens with one attached hydrogen (secondary N) is 1. The van der Waals surface area contributed by atoms with Gasteiger partial charge >= 0.3 is 0 Å². The van der Waals surface area contributed by atoms with Gasteiger partial charge in [0.2, 0.25) is 11.8 Å². The summed E-state index contributed by atoms with van der Waals surface area (Å²) in [5, 5.41) is 0. The summed E-state index contributed by atoms with van der Waals surface area (Å²) in [6.07, 6.45) is 2.92. The Hall–Kier alpha value is -3.93. The number of ether oxygens (including phenoxy) is 1. The van der Waals surface area contributed by atoms with E-state index in [4.69, 9.17) is 4.74 Å². The number of anilines is 3. The number of hydrogen-bond acceptors (Lipinski definition) is 8. The molecular weight excluding hydrogens is 523 g/mol. The number of halogens is 1. The lowest BCUT2D eigenvalue weighted by atomic mass is 9.99. The first-order valence-electron chi connectivity index (χ1n) is 12.8. The molecule has 0 spiro atoms. The van der Waals surface area contributed by atoms with Gasteiger partial charge in [-0.1, -0.05) is 0 Å². The van der Waals surface area contributed by atoms with Gasteiger partial charge in [0.15, 0.2) is 0 Å². The van der Waals surface area contributed by atoms with Crippen LogP contribution in [0.15, 0.2) is 59.8 Å². The van der Waals surface area contributed by atoms with Crippen molar-refractivity contribution >= 4 is 33.1 Å². The van der Waals surface area contributed by atoms with Crippen LogP contribution >= 0.6 is 0 Å². The zero-order valence-electron chi connectivity index (χ0n) is 21.9. The van der Waals surface area contributed by atoms with Gasteiger partial charge in [-0.15, -0.1) is 0 Å². The Bertz CT molecular complexity index is 1440. The molecule has 1 saturated heterocycles. The van der Waals surface area contributed by atoms with Gasteiger partial charge in [0, 0.05) is 50.2 Å². The van der Waals surface area contributed by atoms with Gasteiger partial charge in [0.05, 0.1) is 12.0 Å². The highest BCUT2D eigenvalue weighted by Gasteiger charge is 2.31. The summed E-state index contributed by atoms with van der Waals surface area (Å²) >= 11 is 0. The summed E-state index contributed by atoms with van der Waals surface area (Å²) in [4.78, 5) is 27.4. The lowest BCUT2D eigenvalue weighted by Gasteiger charge is -2.41. The number of amides is 1. The molecule has 2 aromatic carbocycles. The average molecular weight is 555 g/mol. The number of fused-ring (bicyclic) bond motifs is 1. The second kappa shape index (κ2) is 11.0. The zero-order valence-corrected chi connectivity index (χ0v) is 22.7. The molecule has 12 heteroatoms. The maximum absolute atomic E-state index is 13.7. The van der Waals surface area contributed by atoms with Crippen LogP contribution in [0.25, 0.3) is 0 Å². The summed E-state index contributed by atoms with van der Waals surface area (Å²) < 4.78 is 46.8. The highest BCUT2D eigenvalue weighted by Crippen LogP contribution is 2.30. The summed E-state index contributed by atoms with van der Waals surface area (Å²) in [6.45, 7) is 5.06. The van der Waals surface area contributed by atoms with Crippen molar-refractivity contribution in [3.8, 4) is 5.88 Å². The fraction of sp³-hybridized carbons (Fsp3) is 0.370. The Labute approximate surface area is 227 Å². The fourth-order valence-corrected chi connectivity index (χ4v) is 6.12. The lowest BCUT2D eigenvalue weighted by molar-refractivity contribution is -0.132. The molecule has 1 amide bonds. The van der Waals surface area contributed by atoms with Gasteiger partial charge in [-0.2, -0.15) is 0 Å². The van der Waals surface area contributed by atoms with E-state index < -0.39 is 10.0 Å². The normalized spacial score (nSPS) is 16.4. The zero-order chi connectivity index (χ0) is 27.6. The molecule has 2 aliphatic heterocycles. The number of rotatable bonds is 7. The van der Waals surface area contributed by atoms with Gasteiger partial charge < -0.3 is 19.4 Å². The molecule has 3 heterocycles. The van der Waals surface area contributed by atoms with E-state index in [1.165, 1.54) is 25.6 Å². The molecule has 10 nitrogen and oxygen atoms in total. The molecule has 0 unspecified atom stereocenters. The van der Waals surface area contributed by atoms with Gasteiger partial charge in [-0.05, 0) is 67.8 Å². The quantitative estimate of drug-likeness (QED) is 0.475. The van der Waals surface area contributed by atoms with Crippen LogP contribution in [-0.2, 0) is 21.2 Å². The number of carbonyl (C=O) groups excluding carboxylic acids is 1. The number of methoxy groups -OCH3 is 1. The Morgan fingerprint density at radius 2 is 1.77 bits per heavy atom.